The molecule has 1 heterocycles. The smallest absolute Gasteiger partial charge is 0.251 e. The Labute approximate surface area is 116 Å². The van der Waals surface area contributed by atoms with Crippen LogP contribution in [0.15, 0.2) is 30.5 Å². The van der Waals surface area contributed by atoms with Crippen LogP contribution in [0.25, 0.3) is 0 Å². The molecular weight excluding hydrogens is 264 g/mol. The minimum absolute atomic E-state index is 0.124. The highest BCUT2D eigenvalue weighted by Gasteiger charge is 2.04. The van der Waals surface area contributed by atoms with Crippen LogP contribution in [0.4, 0.5) is 11.6 Å². The molecule has 1 aromatic carbocycles. The molecule has 2 rings (SSSR count). The molecule has 0 aliphatic carbocycles. The number of rotatable bonds is 3. The summed E-state index contributed by atoms with van der Waals surface area (Å²) in [6, 6.07) is 7.00. The van der Waals surface area contributed by atoms with Crippen LogP contribution in [-0.4, -0.2) is 22.9 Å². The molecule has 2 N–H and O–H groups in total. The number of nitrogens with zero attached hydrogens (tertiary/aromatic N) is 2. The fraction of sp³-hybridized carbons (Fsp3) is 0.154. The molecular formula is C13H13ClN4O. The fourth-order valence-electron chi connectivity index (χ4n) is 1.46. The Balaban J connectivity index is 2.15. The van der Waals surface area contributed by atoms with Crippen LogP contribution < -0.4 is 10.6 Å². The predicted octanol–water partition coefficient (Wildman–Crippen LogP) is 2.54. The number of benzene rings is 1. The quantitative estimate of drug-likeness (QED) is 0.846. The summed E-state index contributed by atoms with van der Waals surface area (Å²) in [7, 11) is 1.59. The summed E-state index contributed by atoms with van der Waals surface area (Å²) < 4.78 is 0. The van der Waals surface area contributed by atoms with Gasteiger partial charge >= 0.3 is 0 Å². The van der Waals surface area contributed by atoms with E-state index in [2.05, 4.69) is 20.6 Å². The molecule has 0 aliphatic heterocycles. The SMILES string of the molecule is CNC(=O)c1ccc(Nc2ncc(C)c(Cl)n2)cc1. The number of carbonyl (C=O) groups is 1. The van der Waals surface area contributed by atoms with Crippen LogP contribution in [0.3, 0.4) is 0 Å². The molecule has 0 saturated carbocycles. The Morgan fingerprint density at radius 3 is 2.53 bits per heavy atom. The summed E-state index contributed by atoms with van der Waals surface area (Å²) in [4.78, 5) is 19.6. The monoisotopic (exact) mass is 276 g/mol. The van der Waals surface area contributed by atoms with Crippen molar-refractivity contribution in [3.05, 3.63) is 46.7 Å². The normalized spacial score (nSPS) is 10.1. The molecule has 5 nitrogen and oxygen atoms in total. The van der Waals surface area contributed by atoms with Crippen molar-refractivity contribution in [1.29, 1.82) is 0 Å². The largest absolute Gasteiger partial charge is 0.355 e. The second-order valence-electron chi connectivity index (χ2n) is 3.95. The van der Waals surface area contributed by atoms with E-state index in [1.807, 2.05) is 6.92 Å². The van der Waals surface area contributed by atoms with Gasteiger partial charge in [0.15, 0.2) is 0 Å². The number of hydrogen-bond donors (Lipinski definition) is 2. The Kier molecular flexibility index (Phi) is 3.97. The average molecular weight is 277 g/mol. The molecule has 0 bridgehead atoms. The van der Waals surface area contributed by atoms with Gasteiger partial charge in [0.1, 0.15) is 5.15 Å². The van der Waals surface area contributed by atoms with Crippen molar-refractivity contribution in [2.45, 2.75) is 6.92 Å². The molecule has 0 saturated heterocycles. The highest BCUT2D eigenvalue weighted by atomic mass is 35.5. The van der Waals surface area contributed by atoms with Gasteiger partial charge in [0, 0.05) is 30.1 Å². The summed E-state index contributed by atoms with van der Waals surface area (Å²) >= 11 is 5.92. The summed E-state index contributed by atoms with van der Waals surface area (Å²) in [5.74, 6) is 0.296. The lowest BCUT2D eigenvalue weighted by molar-refractivity contribution is 0.0963. The van der Waals surface area contributed by atoms with E-state index in [1.54, 1.807) is 37.5 Å². The third-order valence-electron chi connectivity index (χ3n) is 2.54. The third-order valence-corrected chi connectivity index (χ3v) is 2.92. The Hall–Kier alpha value is -2.14. The number of halogens is 1. The Morgan fingerprint density at radius 1 is 1.26 bits per heavy atom. The number of nitrogens with one attached hydrogen (secondary N) is 2. The summed E-state index contributed by atoms with van der Waals surface area (Å²) in [5.41, 5.74) is 2.20. The molecule has 0 unspecified atom stereocenters. The van der Waals surface area contributed by atoms with E-state index in [4.69, 9.17) is 11.6 Å². The zero-order chi connectivity index (χ0) is 13.8. The summed E-state index contributed by atoms with van der Waals surface area (Å²) in [5, 5.41) is 6.00. The van der Waals surface area contributed by atoms with E-state index < -0.39 is 0 Å². The maximum atomic E-state index is 11.4. The maximum absolute atomic E-state index is 11.4. The summed E-state index contributed by atoms with van der Waals surface area (Å²) in [6.07, 6.45) is 1.65. The third kappa shape index (κ3) is 3.20. The lowest BCUT2D eigenvalue weighted by Crippen LogP contribution is -2.17. The Bertz CT molecular complexity index is 598. The van der Waals surface area contributed by atoms with Crippen LogP contribution >= 0.6 is 11.6 Å². The number of carbonyl (C=O) groups excluding carboxylic acids is 1. The van der Waals surface area contributed by atoms with Crippen LogP contribution in [0.2, 0.25) is 5.15 Å². The fourth-order valence-corrected chi connectivity index (χ4v) is 1.59. The standard InChI is InChI=1S/C13H13ClN4O/c1-8-7-16-13(18-11(8)14)17-10-5-3-9(4-6-10)12(19)15-2/h3-7H,1-2H3,(H,15,19)(H,16,17,18). The van der Waals surface area contributed by atoms with Gasteiger partial charge in [0.05, 0.1) is 0 Å². The zero-order valence-corrected chi connectivity index (χ0v) is 11.3. The van der Waals surface area contributed by atoms with Gasteiger partial charge in [-0.05, 0) is 31.2 Å². The molecule has 98 valence electrons. The van der Waals surface area contributed by atoms with Crippen LogP contribution in [0.5, 0.6) is 0 Å². The second-order valence-corrected chi connectivity index (χ2v) is 4.31. The lowest BCUT2D eigenvalue weighted by atomic mass is 10.2. The van der Waals surface area contributed by atoms with E-state index in [-0.39, 0.29) is 5.91 Å². The van der Waals surface area contributed by atoms with Gasteiger partial charge in [-0.25, -0.2) is 9.97 Å². The first kappa shape index (κ1) is 13.3. The van der Waals surface area contributed by atoms with Crippen molar-refractivity contribution in [3.63, 3.8) is 0 Å². The number of aryl methyl sites for hydroxylation is 1. The first-order chi connectivity index (χ1) is 9.10. The van der Waals surface area contributed by atoms with Crippen molar-refractivity contribution in [1.82, 2.24) is 15.3 Å². The number of anilines is 2. The molecule has 1 amide bonds. The first-order valence-corrected chi connectivity index (χ1v) is 6.06. The molecule has 0 spiro atoms. The molecule has 2 aromatic rings. The van der Waals surface area contributed by atoms with E-state index in [0.29, 0.717) is 16.7 Å². The average Bonchev–Trinajstić information content (AvgIpc) is 2.43. The van der Waals surface area contributed by atoms with Crippen LogP contribution in [0, 0.1) is 6.92 Å². The van der Waals surface area contributed by atoms with Gasteiger partial charge < -0.3 is 10.6 Å². The van der Waals surface area contributed by atoms with E-state index >= 15 is 0 Å². The van der Waals surface area contributed by atoms with Crippen LogP contribution in [-0.2, 0) is 0 Å². The van der Waals surface area contributed by atoms with Gasteiger partial charge in [-0.3, -0.25) is 4.79 Å². The highest BCUT2D eigenvalue weighted by molar-refractivity contribution is 6.30. The first-order valence-electron chi connectivity index (χ1n) is 5.68. The van der Waals surface area contributed by atoms with Crippen molar-refractivity contribution in [3.8, 4) is 0 Å². The van der Waals surface area contributed by atoms with Crippen molar-refractivity contribution < 1.29 is 4.79 Å². The maximum Gasteiger partial charge on any atom is 0.251 e. The second kappa shape index (κ2) is 5.67. The van der Waals surface area contributed by atoms with Crippen molar-refractivity contribution in [2.24, 2.45) is 0 Å². The zero-order valence-electron chi connectivity index (χ0n) is 10.6. The number of aromatic nitrogens is 2. The minimum Gasteiger partial charge on any atom is -0.355 e. The Morgan fingerprint density at radius 2 is 1.95 bits per heavy atom. The molecule has 0 atom stereocenters. The van der Waals surface area contributed by atoms with Gasteiger partial charge in [-0.2, -0.15) is 0 Å². The lowest BCUT2D eigenvalue weighted by Gasteiger charge is -2.06. The molecule has 6 heteroatoms. The molecule has 1 aromatic heterocycles. The van der Waals surface area contributed by atoms with Crippen LogP contribution in [0.1, 0.15) is 15.9 Å². The highest BCUT2D eigenvalue weighted by Crippen LogP contribution is 2.17. The summed E-state index contributed by atoms with van der Waals surface area (Å²) in [6.45, 7) is 1.84. The van der Waals surface area contributed by atoms with Gasteiger partial charge in [0.25, 0.3) is 5.91 Å². The number of hydrogen-bond acceptors (Lipinski definition) is 4. The van der Waals surface area contributed by atoms with Gasteiger partial charge in [-0.15, -0.1) is 0 Å². The number of amides is 1. The van der Waals surface area contributed by atoms with E-state index in [0.717, 1.165) is 11.3 Å². The van der Waals surface area contributed by atoms with Crippen molar-refractivity contribution in [2.75, 3.05) is 12.4 Å². The van der Waals surface area contributed by atoms with E-state index in [1.165, 1.54) is 0 Å². The van der Waals surface area contributed by atoms with Gasteiger partial charge in [0.2, 0.25) is 5.95 Å². The topological polar surface area (TPSA) is 66.9 Å². The minimum atomic E-state index is -0.124. The van der Waals surface area contributed by atoms with E-state index in [9.17, 15) is 4.79 Å². The van der Waals surface area contributed by atoms with Crippen molar-refractivity contribution >= 4 is 29.1 Å². The molecule has 0 fully saturated rings. The molecule has 0 radical (unpaired) electrons. The predicted molar refractivity (Wildman–Crippen MR) is 74.9 cm³/mol. The molecule has 0 aliphatic rings. The van der Waals surface area contributed by atoms with Gasteiger partial charge in [-0.1, -0.05) is 11.6 Å². The molecule has 19 heavy (non-hydrogen) atoms.